The molecule has 22 heavy (non-hydrogen) atoms. The van der Waals surface area contributed by atoms with Crippen LogP contribution in [0.3, 0.4) is 0 Å². The number of carbonyl (C=O) groups excluding carboxylic acids is 2. The maximum atomic E-state index is 12.3. The maximum absolute atomic E-state index is 12.3. The molecule has 1 aromatic carbocycles. The van der Waals surface area contributed by atoms with Crippen LogP contribution in [-0.2, 0) is 4.74 Å². The summed E-state index contributed by atoms with van der Waals surface area (Å²) in [7, 11) is -1.54. The van der Waals surface area contributed by atoms with Gasteiger partial charge < -0.3 is 4.74 Å². The summed E-state index contributed by atoms with van der Waals surface area (Å²) in [6.45, 7) is 13.7. The second kappa shape index (κ2) is 6.49. The van der Waals surface area contributed by atoms with Gasteiger partial charge in [0.1, 0.15) is 20.0 Å². The first kappa shape index (κ1) is 18.2. The van der Waals surface area contributed by atoms with Crippen LogP contribution in [0.2, 0.25) is 19.6 Å². The van der Waals surface area contributed by atoms with Crippen molar-refractivity contribution in [1.82, 2.24) is 0 Å². The molecule has 0 atom stereocenters. The van der Waals surface area contributed by atoms with Crippen molar-refractivity contribution in [2.24, 2.45) is 0 Å². The molecule has 0 unspecified atom stereocenters. The Labute approximate surface area is 134 Å². The third-order valence-corrected chi connectivity index (χ3v) is 3.63. The van der Waals surface area contributed by atoms with E-state index in [1.54, 1.807) is 12.1 Å². The number of rotatable bonds is 2. The van der Waals surface area contributed by atoms with E-state index < -0.39 is 19.6 Å². The van der Waals surface area contributed by atoms with Gasteiger partial charge in [-0.3, -0.25) is 4.79 Å². The van der Waals surface area contributed by atoms with Crippen molar-refractivity contribution >= 4 is 20.3 Å². The van der Waals surface area contributed by atoms with Crippen molar-refractivity contribution in [3.05, 3.63) is 34.4 Å². The lowest BCUT2D eigenvalue weighted by Crippen LogP contribution is -2.24. The predicted octanol–water partition coefficient (Wildman–Crippen LogP) is 3.99. The molecule has 0 aliphatic heterocycles. The lowest BCUT2D eigenvalue weighted by atomic mass is 9.99. The fraction of sp³-hybridized carbons (Fsp3) is 0.444. The second-order valence-corrected chi connectivity index (χ2v) is 12.1. The van der Waals surface area contributed by atoms with Crippen LogP contribution < -0.4 is 0 Å². The molecule has 3 nitrogen and oxygen atoms in total. The summed E-state index contributed by atoms with van der Waals surface area (Å²) >= 11 is 0. The van der Waals surface area contributed by atoms with E-state index in [0.29, 0.717) is 16.7 Å². The van der Waals surface area contributed by atoms with Gasteiger partial charge in [-0.15, -0.1) is 5.54 Å². The SMILES string of the molecule is Cc1c(C#C[Si](C)(C)C)cc(C=O)cc1C(=O)OC(C)(C)C. The average Bonchev–Trinajstić information content (AvgIpc) is 2.34. The molecule has 0 fully saturated rings. The Kier molecular flexibility index (Phi) is 5.37. The Morgan fingerprint density at radius 1 is 1.23 bits per heavy atom. The van der Waals surface area contributed by atoms with E-state index in [-0.39, 0.29) is 0 Å². The van der Waals surface area contributed by atoms with E-state index in [9.17, 15) is 9.59 Å². The minimum atomic E-state index is -1.54. The summed E-state index contributed by atoms with van der Waals surface area (Å²) < 4.78 is 5.41. The van der Waals surface area contributed by atoms with Crippen LogP contribution in [0.15, 0.2) is 12.1 Å². The first-order valence-corrected chi connectivity index (χ1v) is 10.8. The quantitative estimate of drug-likeness (QED) is 0.358. The number of benzene rings is 1. The van der Waals surface area contributed by atoms with Crippen molar-refractivity contribution in [3.63, 3.8) is 0 Å². The van der Waals surface area contributed by atoms with Gasteiger partial charge in [0.15, 0.2) is 0 Å². The molecule has 4 heteroatoms. The number of ether oxygens (including phenoxy) is 1. The zero-order valence-electron chi connectivity index (χ0n) is 14.5. The number of esters is 1. The molecule has 0 amide bonds. The standard InChI is InChI=1S/C18H24O3Si/c1-13-15(8-9-22(5,6)7)10-14(12-19)11-16(13)17(20)21-18(2,3)4/h10-12H,1-7H3. The fourth-order valence-corrected chi connectivity index (χ4v) is 2.24. The summed E-state index contributed by atoms with van der Waals surface area (Å²) in [4.78, 5) is 23.5. The Hall–Kier alpha value is -1.86. The molecule has 0 bridgehead atoms. The number of hydrogen-bond acceptors (Lipinski definition) is 3. The van der Waals surface area contributed by atoms with Gasteiger partial charge in [-0.2, -0.15) is 0 Å². The van der Waals surface area contributed by atoms with Crippen LogP contribution >= 0.6 is 0 Å². The first-order chi connectivity index (χ1) is 9.93. The van der Waals surface area contributed by atoms with Gasteiger partial charge in [-0.05, 0) is 45.4 Å². The van der Waals surface area contributed by atoms with Crippen LogP contribution in [0.25, 0.3) is 0 Å². The molecular weight excluding hydrogens is 292 g/mol. The molecule has 0 aliphatic rings. The highest BCUT2D eigenvalue weighted by molar-refractivity contribution is 6.83. The minimum absolute atomic E-state index is 0.402. The van der Waals surface area contributed by atoms with Crippen LogP contribution in [0.4, 0.5) is 0 Å². The van der Waals surface area contributed by atoms with Crippen molar-refractivity contribution in [2.75, 3.05) is 0 Å². The van der Waals surface area contributed by atoms with Gasteiger partial charge in [-0.25, -0.2) is 4.79 Å². The van der Waals surface area contributed by atoms with Gasteiger partial charge in [0.2, 0.25) is 0 Å². The largest absolute Gasteiger partial charge is 0.456 e. The van der Waals surface area contributed by atoms with E-state index in [0.717, 1.165) is 11.8 Å². The van der Waals surface area contributed by atoms with E-state index in [1.807, 2.05) is 27.7 Å². The molecule has 0 saturated heterocycles. The normalized spacial score (nSPS) is 11.4. The first-order valence-electron chi connectivity index (χ1n) is 7.29. The van der Waals surface area contributed by atoms with Crippen molar-refractivity contribution < 1.29 is 14.3 Å². The van der Waals surface area contributed by atoms with Crippen LogP contribution in [0.5, 0.6) is 0 Å². The number of hydrogen-bond donors (Lipinski definition) is 0. The lowest BCUT2D eigenvalue weighted by Gasteiger charge is -2.20. The highest BCUT2D eigenvalue weighted by Crippen LogP contribution is 2.20. The summed E-state index contributed by atoms with van der Waals surface area (Å²) in [6, 6.07) is 3.29. The topological polar surface area (TPSA) is 43.4 Å². The van der Waals surface area contributed by atoms with Crippen molar-refractivity contribution in [2.45, 2.75) is 52.9 Å². The summed E-state index contributed by atoms with van der Waals surface area (Å²) in [5.74, 6) is 2.70. The highest BCUT2D eigenvalue weighted by atomic mass is 28.3. The summed E-state index contributed by atoms with van der Waals surface area (Å²) in [5.41, 5.74) is 5.00. The van der Waals surface area contributed by atoms with Gasteiger partial charge in [0.25, 0.3) is 0 Å². The Morgan fingerprint density at radius 2 is 1.82 bits per heavy atom. The minimum Gasteiger partial charge on any atom is -0.456 e. The second-order valence-electron chi connectivity index (χ2n) is 7.36. The van der Waals surface area contributed by atoms with E-state index in [4.69, 9.17) is 4.74 Å². The molecule has 0 aromatic heterocycles. The molecule has 0 spiro atoms. The molecule has 118 valence electrons. The van der Waals surface area contributed by atoms with E-state index in [1.165, 1.54) is 0 Å². The molecular formula is C18H24O3Si. The van der Waals surface area contributed by atoms with E-state index >= 15 is 0 Å². The van der Waals surface area contributed by atoms with Crippen molar-refractivity contribution in [1.29, 1.82) is 0 Å². The van der Waals surface area contributed by atoms with Gasteiger partial charge in [0.05, 0.1) is 5.56 Å². The van der Waals surface area contributed by atoms with Gasteiger partial charge >= 0.3 is 5.97 Å². The average molecular weight is 316 g/mol. The molecule has 0 saturated carbocycles. The predicted molar refractivity (Wildman–Crippen MR) is 92.0 cm³/mol. The van der Waals surface area contributed by atoms with E-state index in [2.05, 4.69) is 31.1 Å². The summed E-state index contributed by atoms with van der Waals surface area (Å²) in [5, 5.41) is 0. The fourth-order valence-electron chi connectivity index (χ4n) is 1.73. The molecule has 1 rings (SSSR count). The summed E-state index contributed by atoms with van der Waals surface area (Å²) in [6.07, 6.45) is 0.729. The molecule has 0 heterocycles. The van der Waals surface area contributed by atoms with Gasteiger partial charge in [0, 0.05) is 11.1 Å². The molecule has 1 aromatic rings. The maximum Gasteiger partial charge on any atom is 0.338 e. The molecule has 0 aliphatic carbocycles. The van der Waals surface area contributed by atoms with Gasteiger partial charge in [-0.1, -0.05) is 25.6 Å². The smallest absolute Gasteiger partial charge is 0.338 e. The molecule has 0 N–H and O–H groups in total. The van der Waals surface area contributed by atoms with Crippen LogP contribution in [-0.4, -0.2) is 25.9 Å². The van der Waals surface area contributed by atoms with Crippen LogP contribution in [0.1, 0.15) is 52.6 Å². The molecule has 0 radical (unpaired) electrons. The van der Waals surface area contributed by atoms with Crippen LogP contribution in [0, 0.1) is 18.4 Å². The van der Waals surface area contributed by atoms with Crippen molar-refractivity contribution in [3.8, 4) is 11.5 Å². The Morgan fingerprint density at radius 3 is 2.27 bits per heavy atom. The Bertz CT molecular complexity index is 650. The Balaban J connectivity index is 3.37. The monoisotopic (exact) mass is 316 g/mol. The third-order valence-electron chi connectivity index (χ3n) is 2.76. The zero-order valence-corrected chi connectivity index (χ0v) is 15.5. The zero-order chi connectivity index (χ0) is 17.1. The number of carbonyl (C=O) groups is 2. The lowest BCUT2D eigenvalue weighted by molar-refractivity contribution is 0.00687. The highest BCUT2D eigenvalue weighted by Gasteiger charge is 2.21. The third kappa shape index (κ3) is 5.49. The number of aldehydes is 1.